The summed E-state index contributed by atoms with van der Waals surface area (Å²) in [6.45, 7) is 1.18. The van der Waals surface area contributed by atoms with Gasteiger partial charge in [0.1, 0.15) is 0 Å². The highest BCUT2D eigenvalue weighted by atomic mass is 32.1. The minimum absolute atomic E-state index is 0.626. The van der Waals surface area contributed by atoms with Crippen molar-refractivity contribution in [2.24, 2.45) is 0 Å². The van der Waals surface area contributed by atoms with Gasteiger partial charge in [-0.1, -0.05) is 18.6 Å². The lowest BCUT2D eigenvalue weighted by atomic mass is 10.1. The van der Waals surface area contributed by atoms with Gasteiger partial charge in [0.15, 0.2) is 0 Å². The molecule has 0 aliphatic carbocycles. The fraction of sp³-hybridized carbons (Fsp3) is 0.750. The van der Waals surface area contributed by atoms with E-state index in [2.05, 4.69) is 30.1 Å². The summed E-state index contributed by atoms with van der Waals surface area (Å²) in [4.78, 5) is 0. The number of thiol groups is 1. The van der Waals surface area contributed by atoms with Gasteiger partial charge in [-0.05, 0) is 19.4 Å². The van der Waals surface area contributed by atoms with Crippen LogP contribution in [0.2, 0.25) is 0 Å². The maximum absolute atomic E-state index is 4.11. The van der Waals surface area contributed by atoms with Crippen LogP contribution >= 0.6 is 12.6 Å². The Kier molecular flexibility index (Phi) is 3.91. The summed E-state index contributed by atoms with van der Waals surface area (Å²) in [5.74, 6) is 0.859. The Hall–Kier alpha value is 0.0500. The minimum atomic E-state index is 0.626. The van der Waals surface area contributed by atoms with Crippen molar-refractivity contribution >= 4 is 12.6 Å². The van der Waals surface area contributed by atoms with Gasteiger partial charge in [0.25, 0.3) is 0 Å². The molecule has 0 spiro atoms. The molecule has 1 aliphatic rings. The van der Waals surface area contributed by atoms with Crippen LogP contribution in [0.5, 0.6) is 0 Å². The normalized spacial score (nSPS) is 27.5. The van der Waals surface area contributed by atoms with Crippen LogP contribution < -0.4 is 5.32 Å². The molecule has 1 rings (SSSR count). The van der Waals surface area contributed by atoms with Gasteiger partial charge in [0.2, 0.25) is 0 Å². The van der Waals surface area contributed by atoms with Crippen LogP contribution in [0.25, 0.3) is 0 Å². The van der Waals surface area contributed by atoms with E-state index in [0.717, 1.165) is 5.75 Å². The van der Waals surface area contributed by atoms with Crippen molar-refractivity contribution in [3.63, 3.8) is 0 Å². The Bertz CT molecular complexity index is 106. The molecule has 0 aromatic heterocycles. The molecule has 0 aromatic carbocycles. The lowest BCUT2D eigenvalue weighted by molar-refractivity contribution is 0.454. The highest BCUT2D eigenvalue weighted by molar-refractivity contribution is 7.80. The van der Waals surface area contributed by atoms with Crippen LogP contribution in [0.1, 0.15) is 19.3 Å². The SMILES string of the molecule is SCC=C[C@@H]1CCCCN1. The van der Waals surface area contributed by atoms with Gasteiger partial charge >= 0.3 is 0 Å². The van der Waals surface area contributed by atoms with Crippen molar-refractivity contribution in [1.29, 1.82) is 0 Å². The van der Waals surface area contributed by atoms with E-state index in [9.17, 15) is 0 Å². The molecule has 58 valence electrons. The zero-order valence-corrected chi connectivity index (χ0v) is 7.11. The van der Waals surface area contributed by atoms with E-state index in [0.29, 0.717) is 6.04 Å². The maximum Gasteiger partial charge on any atom is 0.0250 e. The molecule has 0 bridgehead atoms. The van der Waals surface area contributed by atoms with Crippen LogP contribution in [-0.2, 0) is 0 Å². The molecule has 0 saturated carbocycles. The second-order valence-electron chi connectivity index (χ2n) is 2.67. The highest BCUT2D eigenvalue weighted by Crippen LogP contribution is 2.07. The van der Waals surface area contributed by atoms with E-state index < -0.39 is 0 Å². The van der Waals surface area contributed by atoms with Crippen LogP contribution in [-0.4, -0.2) is 18.3 Å². The third-order valence-corrected chi connectivity index (χ3v) is 2.03. The van der Waals surface area contributed by atoms with Gasteiger partial charge in [-0.15, -0.1) is 0 Å². The standard InChI is InChI=1S/C8H15NS/c10-7-3-5-8-4-1-2-6-9-8/h3,5,8-10H,1-2,4,6-7H2/t8-/m0/s1. The van der Waals surface area contributed by atoms with E-state index in [-0.39, 0.29) is 0 Å². The summed E-state index contributed by atoms with van der Waals surface area (Å²) in [6, 6.07) is 0.626. The minimum Gasteiger partial charge on any atom is -0.311 e. The Labute approximate surface area is 68.3 Å². The molecule has 0 unspecified atom stereocenters. The van der Waals surface area contributed by atoms with E-state index in [1.54, 1.807) is 0 Å². The molecule has 1 aliphatic heterocycles. The summed E-state index contributed by atoms with van der Waals surface area (Å²) in [7, 11) is 0. The first-order valence-electron chi connectivity index (χ1n) is 3.94. The maximum atomic E-state index is 4.11. The molecule has 0 amide bonds. The predicted molar refractivity (Wildman–Crippen MR) is 48.6 cm³/mol. The first kappa shape index (κ1) is 8.15. The summed E-state index contributed by atoms with van der Waals surface area (Å²) in [6.07, 6.45) is 8.35. The van der Waals surface area contributed by atoms with Crippen molar-refractivity contribution in [3.8, 4) is 0 Å². The van der Waals surface area contributed by atoms with Crippen molar-refractivity contribution in [3.05, 3.63) is 12.2 Å². The van der Waals surface area contributed by atoms with Crippen LogP contribution in [0.4, 0.5) is 0 Å². The van der Waals surface area contributed by atoms with Crippen molar-refractivity contribution in [2.45, 2.75) is 25.3 Å². The molecule has 1 atom stereocenters. The molecule has 1 N–H and O–H groups in total. The molecule has 1 nitrogen and oxygen atoms in total. The largest absolute Gasteiger partial charge is 0.311 e. The smallest absolute Gasteiger partial charge is 0.0250 e. The molecule has 0 radical (unpaired) electrons. The van der Waals surface area contributed by atoms with Crippen molar-refractivity contribution < 1.29 is 0 Å². The van der Waals surface area contributed by atoms with Gasteiger partial charge in [-0.25, -0.2) is 0 Å². The second-order valence-corrected chi connectivity index (χ2v) is 3.03. The molecule has 10 heavy (non-hydrogen) atoms. The van der Waals surface area contributed by atoms with Gasteiger partial charge in [0.05, 0.1) is 0 Å². The summed E-state index contributed by atoms with van der Waals surface area (Å²) in [5.41, 5.74) is 0. The van der Waals surface area contributed by atoms with Gasteiger partial charge < -0.3 is 5.32 Å². The Morgan fingerprint density at radius 1 is 1.50 bits per heavy atom. The van der Waals surface area contributed by atoms with Crippen molar-refractivity contribution in [2.75, 3.05) is 12.3 Å². The Balaban J connectivity index is 2.19. The van der Waals surface area contributed by atoms with Crippen molar-refractivity contribution in [1.82, 2.24) is 5.32 Å². The molecule has 1 fully saturated rings. The average molecular weight is 157 g/mol. The number of nitrogens with one attached hydrogen (secondary N) is 1. The molecule has 2 heteroatoms. The Morgan fingerprint density at radius 3 is 3.00 bits per heavy atom. The monoisotopic (exact) mass is 157 g/mol. The van der Waals surface area contributed by atoms with Crippen LogP contribution in [0.3, 0.4) is 0 Å². The quantitative estimate of drug-likeness (QED) is 0.458. The lowest BCUT2D eigenvalue weighted by Gasteiger charge is -2.19. The average Bonchev–Trinajstić information content (AvgIpc) is 2.03. The zero-order valence-electron chi connectivity index (χ0n) is 6.21. The third kappa shape index (κ3) is 2.76. The number of rotatable bonds is 2. The first-order valence-corrected chi connectivity index (χ1v) is 4.57. The van der Waals surface area contributed by atoms with Crippen LogP contribution in [0, 0.1) is 0 Å². The van der Waals surface area contributed by atoms with E-state index in [1.807, 2.05) is 0 Å². The van der Waals surface area contributed by atoms with Gasteiger partial charge in [0, 0.05) is 11.8 Å². The number of hydrogen-bond donors (Lipinski definition) is 2. The molecule has 1 heterocycles. The number of hydrogen-bond acceptors (Lipinski definition) is 2. The highest BCUT2D eigenvalue weighted by Gasteiger charge is 2.07. The van der Waals surface area contributed by atoms with E-state index in [1.165, 1.54) is 25.8 Å². The van der Waals surface area contributed by atoms with E-state index >= 15 is 0 Å². The molecular formula is C8H15NS. The fourth-order valence-electron chi connectivity index (χ4n) is 1.27. The first-order chi connectivity index (χ1) is 4.93. The fourth-order valence-corrected chi connectivity index (χ4v) is 1.39. The van der Waals surface area contributed by atoms with Gasteiger partial charge in [-0.2, -0.15) is 12.6 Å². The third-order valence-electron chi connectivity index (χ3n) is 1.82. The summed E-state index contributed by atoms with van der Waals surface area (Å²) in [5, 5.41) is 3.43. The predicted octanol–water partition coefficient (Wildman–Crippen LogP) is 1.61. The summed E-state index contributed by atoms with van der Waals surface area (Å²) >= 11 is 4.11. The topological polar surface area (TPSA) is 12.0 Å². The lowest BCUT2D eigenvalue weighted by Crippen LogP contribution is -2.32. The molecule has 0 aromatic rings. The Morgan fingerprint density at radius 2 is 2.40 bits per heavy atom. The van der Waals surface area contributed by atoms with Crippen LogP contribution in [0.15, 0.2) is 12.2 Å². The zero-order chi connectivity index (χ0) is 7.23. The van der Waals surface area contributed by atoms with E-state index in [4.69, 9.17) is 0 Å². The number of piperidine rings is 1. The van der Waals surface area contributed by atoms with Gasteiger partial charge in [-0.3, -0.25) is 0 Å². The summed E-state index contributed by atoms with van der Waals surface area (Å²) < 4.78 is 0. The molecule has 1 saturated heterocycles. The molecular weight excluding hydrogens is 142 g/mol. The second kappa shape index (κ2) is 4.80.